The lowest BCUT2D eigenvalue weighted by molar-refractivity contribution is 1.25. The van der Waals surface area contributed by atoms with Crippen LogP contribution in [0.5, 0.6) is 0 Å². The minimum Gasteiger partial charge on any atom is -0.512 e. The molecule has 0 rings (SSSR count). The van der Waals surface area contributed by atoms with Crippen molar-refractivity contribution in [3.8, 4) is 0 Å². The van der Waals surface area contributed by atoms with Gasteiger partial charge in [0.2, 0.25) is 0 Å². The van der Waals surface area contributed by atoms with E-state index in [1.165, 1.54) is 24.6 Å². The second-order valence-electron chi connectivity index (χ2n) is 2.61. The Kier molecular flexibility index (Phi) is 9.85. The van der Waals surface area contributed by atoms with Crippen LogP contribution in [0.2, 0.25) is 0 Å². The van der Waals surface area contributed by atoms with Gasteiger partial charge in [0.1, 0.15) is 0 Å². The summed E-state index contributed by atoms with van der Waals surface area (Å²) in [6, 6.07) is 0. The monoisotopic (exact) mass is 173 g/mol. The van der Waals surface area contributed by atoms with Crippen molar-refractivity contribution in [2.24, 2.45) is 0 Å². The van der Waals surface area contributed by atoms with Gasteiger partial charge in [-0.25, -0.2) is 0 Å². The maximum absolute atomic E-state index is 6.25. The summed E-state index contributed by atoms with van der Waals surface area (Å²) in [6.45, 7) is 14.2. The Labute approximate surface area is 72.1 Å². The van der Waals surface area contributed by atoms with Gasteiger partial charge in [-0.15, -0.1) is 0 Å². The maximum Gasteiger partial charge on any atom is 0.0565 e. The van der Waals surface area contributed by atoms with Crippen LogP contribution in [0.25, 0.3) is 0 Å². The summed E-state index contributed by atoms with van der Waals surface area (Å²) < 4.78 is 0. The number of rotatable bonds is 4. The second kappa shape index (κ2) is 8.02. The lowest BCUT2D eigenvalue weighted by Gasteiger charge is -2.20. The van der Waals surface area contributed by atoms with Crippen molar-refractivity contribution in [2.45, 2.75) is 27.7 Å². The van der Waals surface area contributed by atoms with E-state index in [4.69, 9.17) is 11.8 Å². The third kappa shape index (κ3) is 4.38. The molecule has 0 unspecified atom stereocenters. The quantitative estimate of drug-likeness (QED) is 0.473. The Hall–Kier alpha value is -0.0800. The van der Waals surface area contributed by atoms with E-state index in [1.807, 2.05) is 0 Å². The van der Waals surface area contributed by atoms with Crippen LogP contribution in [-0.2, 0) is 0 Å². The molecule has 0 amide bonds. The van der Waals surface area contributed by atoms with E-state index in [0.29, 0.717) is 0 Å². The highest BCUT2D eigenvalue weighted by atomic mass is 31.2. The van der Waals surface area contributed by atoms with Crippen molar-refractivity contribution in [1.29, 1.82) is 5.26 Å². The van der Waals surface area contributed by atoms with Gasteiger partial charge in [0.05, 0.1) is 24.6 Å². The molecule has 0 aromatic rings. The van der Waals surface area contributed by atoms with Crippen molar-refractivity contribution < 1.29 is 0 Å². The predicted octanol–water partition coefficient (Wildman–Crippen LogP) is 3.18. The van der Waals surface area contributed by atoms with Gasteiger partial charge in [0, 0.05) is 7.26 Å². The van der Waals surface area contributed by atoms with E-state index in [9.17, 15) is 0 Å². The molecule has 0 aromatic heterocycles. The molecule has 0 aliphatic rings. The summed E-state index contributed by atoms with van der Waals surface area (Å²) >= 11 is 0. The van der Waals surface area contributed by atoms with Gasteiger partial charge in [-0.2, -0.15) is 0 Å². The third-order valence-electron chi connectivity index (χ3n) is 2.68. The molecule has 0 bridgehead atoms. The fraction of sp³-hybridized carbons (Fsp3) is 0.889. The van der Waals surface area contributed by atoms with Crippen LogP contribution in [-0.4, -0.2) is 24.6 Å². The van der Waals surface area contributed by atoms with Gasteiger partial charge < -0.3 is 11.8 Å². The zero-order valence-corrected chi connectivity index (χ0v) is 9.12. The normalized spacial score (nSPS) is 10.0. The first-order valence-corrected chi connectivity index (χ1v) is 6.85. The van der Waals surface area contributed by atoms with Gasteiger partial charge in [-0.05, 0) is 27.7 Å². The lowest BCUT2D eigenvalue weighted by atomic mass is 10.9. The molecule has 66 valence electrons. The van der Waals surface area contributed by atoms with Crippen molar-refractivity contribution >= 4 is 7.26 Å². The molecule has 0 radical (unpaired) electrons. The first kappa shape index (κ1) is 13.5. The molecule has 0 heterocycles. The highest BCUT2D eigenvalue weighted by Gasteiger charge is 2.27. The lowest BCUT2D eigenvalue weighted by Crippen LogP contribution is -2.04. The van der Waals surface area contributed by atoms with Crippen LogP contribution in [0.4, 0.5) is 0 Å². The van der Waals surface area contributed by atoms with Crippen LogP contribution in [0.1, 0.15) is 27.7 Å². The van der Waals surface area contributed by atoms with Crippen LogP contribution < -0.4 is 0 Å². The average molecular weight is 173 g/mol. The number of nitrogens with zero attached hydrogens (tertiary/aromatic N) is 1. The predicted molar refractivity (Wildman–Crippen MR) is 54.1 cm³/mol. The molecule has 0 aliphatic heterocycles. The van der Waals surface area contributed by atoms with Crippen molar-refractivity contribution in [1.82, 2.24) is 0 Å². The Morgan fingerprint density at radius 3 is 1.00 bits per heavy atom. The van der Waals surface area contributed by atoms with Gasteiger partial charge in [0.25, 0.3) is 0 Å². The topological polar surface area (TPSA) is 23.8 Å². The zero-order chi connectivity index (χ0) is 9.33. The Morgan fingerprint density at radius 2 is 1.00 bits per heavy atom. The zero-order valence-electron chi connectivity index (χ0n) is 8.22. The van der Waals surface area contributed by atoms with Crippen LogP contribution >= 0.6 is 7.26 Å². The van der Waals surface area contributed by atoms with Crippen LogP contribution in [0, 0.1) is 11.8 Å². The van der Waals surface area contributed by atoms with E-state index in [2.05, 4.69) is 27.7 Å². The Balaban J connectivity index is 0. The molecule has 0 fully saturated rings. The molecule has 1 nitrogen and oxygen atoms in total. The number of hydrogen-bond acceptors (Lipinski definition) is 1. The Bertz CT molecular complexity index is 77.5. The highest BCUT2D eigenvalue weighted by Crippen LogP contribution is 2.57. The van der Waals surface area contributed by atoms with Crippen molar-refractivity contribution in [2.75, 3.05) is 24.6 Å². The molecule has 0 spiro atoms. The fourth-order valence-electron chi connectivity index (χ4n) is 1.34. The average Bonchev–Trinajstić information content (AvgIpc) is 2.13. The Morgan fingerprint density at radius 1 is 0.818 bits per heavy atom. The van der Waals surface area contributed by atoms with Gasteiger partial charge in [-0.1, -0.05) is 0 Å². The van der Waals surface area contributed by atoms with Gasteiger partial charge in [-0.3, -0.25) is 0 Å². The summed E-state index contributed by atoms with van der Waals surface area (Å²) in [5.41, 5.74) is 0. The first-order valence-electron chi connectivity index (χ1n) is 4.32. The van der Waals surface area contributed by atoms with E-state index in [-0.39, 0.29) is 0 Å². The van der Waals surface area contributed by atoms with E-state index >= 15 is 0 Å². The summed E-state index contributed by atoms with van der Waals surface area (Å²) in [5.74, 6) is 0. The summed E-state index contributed by atoms with van der Waals surface area (Å²) in [4.78, 5) is 0. The molecule has 2 heteroatoms. The summed E-state index contributed by atoms with van der Waals surface area (Å²) in [6.07, 6.45) is 5.82. The van der Waals surface area contributed by atoms with Crippen LogP contribution in [0.15, 0.2) is 0 Å². The maximum atomic E-state index is 6.25. The van der Waals surface area contributed by atoms with Crippen molar-refractivity contribution in [3.05, 3.63) is 6.57 Å². The summed E-state index contributed by atoms with van der Waals surface area (Å²) in [7, 11) is -0.420. The number of hydrogen-bond donors (Lipinski definition) is 0. The van der Waals surface area contributed by atoms with E-state index in [0.717, 1.165) is 0 Å². The molecule has 0 atom stereocenters. The SMILES string of the molecule is CC[P+](CC)(CC)CC.[C-]#N. The van der Waals surface area contributed by atoms with Gasteiger partial charge >= 0.3 is 0 Å². The smallest absolute Gasteiger partial charge is 0.0565 e. The highest BCUT2D eigenvalue weighted by molar-refractivity contribution is 7.75. The molecule has 11 heavy (non-hydrogen) atoms. The molecule has 0 saturated heterocycles. The third-order valence-corrected chi connectivity index (χ3v) is 8.05. The minimum atomic E-state index is -0.420. The van der Waals surface area contributed by atoms with E-state index in [1.54, 1.807) is 0 Å². The van der Waals surface area contributed by atoms with Crippen molar-refractivity contribution in [3.63, 3.8) is 0 Å². The van der Waals surface area contributed by atoms with Gasteiger partial charge in [0.15, 0.2) is 0 Å². The molecule has 0 aliphatic carbocycles. The van der Waals surface area contributed by atoms with E-state index < -0.39 is 7.26 Å². The fourth-order valence-corrected chi connectivity index (χ4v) is 4.02. The standard InChI is InChI=1S/C8H20P.CN/c1-5-9(6-2,7-3)8-4;1-2/h5-8H2,1-4H3;/q+1;-1. The largest absolute Gasteiger partial charge is 0.512 e. The second-order valence-corrected chi connectivity index (χ2v) is 7.82. The minimum absolute atomic E-state index is 0.420. The first-order chi connectivity index (χ1) is 5.24. The molecular formula is C9H20NP. The molecular weight excluding hydrogens is 153 g/mol. The summed E-state index contributed by atoms with van der Waals surface area (Å²) in [5, 5.41) is 6.25. The molecule has 0 aromatic carbocycles. The molecule has 0 saturated carbocycles. The molecule has 0 N–H and O–H groups in total. The van der Waals surface area contributed by atoms with Crippen LogP contribution in [0.3, 0.4) is 0 Å².